The molecule has 0 bridgehead atoms. The van der Waals surface area contributed by atoms with E-state index in [2.05, 4.69) is 20.2 Å². The number of anilines is 1. The van der Waals surface area contributed by atoms with Crippen molar-refractivity contribution in [1.29, 1.82) is 0 Å². The summed E-state index contributed by atoms with van der Waals surface area (Å²) < 4.78 is 5.79. The summed E-state index contributed by atoms with van der Waals surface area (Å²) in [6.45, 7) is 0. The van der Waals surface area contributed by atoms with Crippen molar-refractivity contribution in [3.63, 3.8) is 0 Å². The second-order valence-corrected chi connectivity index (χ2v) is 5.98. The predicted molar refractivity (Wildman–Crippen MR) is 101 cm³/mol. The van der Waals surface area contributed by atoms with Gasteiger partial charge in [-0.15, -0.1) is 10.2 Å². The molecule has 0 saturated heterocycles. The molecule has 0 atom stereocenters. The first-order chi connectivity index (χ1) is 12.7. The fraction of sp³-hybridized carbons (Fsp3) is 0.100. The lowest BCUT2D eigenvalue weighted by Crippen LogP contribution is -2.10. The van der Waals surface area contributed by atoms with Crippen LogP contribution in [0.25, 0.3) is 34.3 Å². The standard InChI is InChI=1S/C20H17N5O/c1-25(2)18-11-7-6-10-15(18)16-12-21-13-17(22-16)20-24-23-19(26-20)14-8-4-3-5-9-14/h3-13H,1-2H3. The molecule has 0 N–H and O–H groups in total. The quantitative estimate of drug-likeness (QED) is 0.559. The van der Waals surface area contributed by atoms with Gasteiger partial charge in [-0.2, -0.15) is 0 Å². The molecule has 0 spiro atoms. The minimum absolute atomic E-state index is 0.348. The minimum Gasteiger partial charge on any atom is -0.415 e. The van der Waals surface area contributed by atoms with Crippen LogP contribution in [0.2, 0.25) is 0 Å². The van der Waals surface area contributed by atoms with E-state index in [1.807, 2.05) is 73.6 Å². The fourth-order valence-corrected chi connectivity index (χ4v) is 2.70. The number of aromatic nitrogens is 4. The molecule has 6 heteroatoms. The van der Waals surface area contributed by atoms with E-state index in [0.717, 1.165) is 22.5 Å². The Morgan fingerprint density at radius 1 is 0.769 bits per heavy atom. The number of hydrogen-bond donors (Lipinski definition) is 0. The van der Waals surface area contributed by atoms with Crippen LogP contribution in [-0.4, -0.2) is 34.3 Å². The average Bonchev–Trinajstić information content (AvgIpc) is 3.19. The first kappa shape index (κ1) is 16.0. The van der Waals surface area contributed by atoms with Crippen LogP contribution >= 0.6 is 0 Å². The van der Waals surface area contributed by atoms with Crippen molar-refractivity contribution in [2.24, 2.45) is 0 Å². The van der Waals surface area contributed by atoms with Crippen molar-refractivity contribution < 1.29 is 4.42 Å². The van der Waals surface area contributed by atoms with Gasteiger partial charge in [-0.3, -0.25) is 4.98 Å². The highest BCUT2D eigenvalue weighted by Crippen LogP contribution is 2.29. The highest BCUT2D eigenvalue weighted by Gasteiger charge is 2.14. The lowest BCUT2D eigenvalue weighted by molar-refractivity contribution is 0.582. The zero-order valence-electron chi connectivity index (χ0n) is 14.5. The summed E-state index contributed by atoms with van der Waals surface area (Å²) in [7, 11) is 4.00. The number of rotatable bonds is 4. The predicted octanol–water partition coefficient (Wildman–Crippen LogP) is 3.93. The fourth-order valence-electron chi connectivity index (χ4n) is 2.70. The lowest BCUT2D eigenvalue weighted by Gasteiger charge is -2.16. The Morgan fingerprint density at radius 3 is 2.27 bits per heavy atom. The molecule has 0 unspecified atom stereocenters. The molecule has 0 aliphatic rings. The average molecular weight is 343 g/mol. The molecule has 4 rings (SSSR count). The van der Waals surface area contributed by atoms with E-state index >= 15 is 0 Å². The normalized spacial score (nSPS) is 10.7. The topological polar surface area (TPSA) is 67.9 Å². The van der Waals surface area contributed by atoms with E-state index in [1.54, 1.807) is 12.4 Å². The number of para-hydroxylation sites is 1. The van der Waals surface area contributed by atoms with Gasteiger partial charge in [-0.05, 0) is 18.2 Å². The Balaban J connectivity index is 1.73. The Kier molecular flexibility index (Phi) is 4.15. The zero-order chi connectivity index (χ0) is 17.9. The molecule has 0 amide bonds. The summed E-state index contributed by atoms with van der Waals surface area (Å²) in [4.78, 5) is 11.0. The van der Waals surface area contributed by atoms with E-state index in [1.165, 1.54) is 0 Å². The van der Waals surface area contributed by atoms with Crippen LogP contribution in [0.4, 0.5) is 5.69 Å². The summed E-state index contributed by atoms with van der Waals surface area (Å²) in [5, 5.41) is 8.24. The molecule has 0 aliphatic heterocycles. The van der Waals surface area contributed by atoms with Crippen molar-refractivity contribution in [2.75, 3.05) is 19.0 Å². The molecule has 0 aliphatic carbocycles. The van der Waals surface area contributed by atoms with Crippen molar-refractivity contribution in [2.45, 2.75) is 0 Å². The van der Waals surface area contributed by atoms with Gasteiger partial charge in [0.2, 0.25) is 5.89 Å². The van der Waals surface area contributed by atoms with Gasteiger partial charge in [0, 0.05) is 30.9 Å². The maximum atomic E-state index is 5.79. The van der Waals surface area contributed by atoms with E-state index in [0.29, 0.717) is 17.5 Å². The van der Waals surface area contributed by atoms with Gasteiger partial charge in [-0.25, -0.2) is 4.98 Å². The Labute approximate surface area is 151 Å². The molecule has 2 aromatic heterocycles. The molecule has 4 aromatic rings. The molecule has 2 heterocycles. The third-order valence-electron chi connectivity index (χ3n) is 3.96. The SMILES string of the molecule is CN(C)c1ccccc1-c1cncc(-c2nnc(-c3ccccc3)o2)n1. The third-order valence-corrected chi connectivity index (χ3v) is 3.96. The van der Waals surface area contributed by atoms with Crippen LogP contribution < -0.4 is 4.90 Å². The van der Waals surface area contributed by atoms with Crippen LogP contribution in [0, 0.1) is 0 Å². The molecule has 128 valence electrons. The summed E-state index contributed by atoms with van der Waals surface area (Å²) >= 11 is 0. The maximum absolute atomic E-state index is 5.79. The second kappa shape index (κ2) is 6.76. The van der Waals surface area contributed by atoms with Crippen molar-refractivity contribution >= 4 is 5.69 Å². The molecule has 0 saturated carbocycles. The Morgan fingerprint density at radius 2 is 1.46 bits per heavy atom. The van der Waals surface area contributed by atoms with Crippen molar-refractivity contribution in [3.05, 3.63) is 67.0 Å². The van der Waals surface area contributed by atoms with E-state index in [4.69, 9.17) is 4.42 Å². The smallest absolute Gasteiger partial charge is 0.268 e. The van der Waals surface area contributed by atoms with Crippen LogP contribution in [-0.2, 0) is 0 Å². The Bertz CT molecular complexity index is 1030. The number of nitrogens with zero attached hydrogens (tertiary/aromatic N) is 5. The van der Waals surface area contributed by atoms with Crippen LogP contribution in [0.3, 0.4) is 0 Å². The van der Waals surface area contributed by atoms with E-state index in [-0.39, 0.29) is 0 Å². The Hall–Kier alpha value is -3.54. The first-order valence-electron chi connectivity index (χ1n) is 8.20. The van der Waals surface area contributed by atoms with Crippen LogP contribution in [0.1, 0.15) is 0 Å². The van der Waals surface area contributed by atoms with Gasteiger partial charge in [-0.1, -0.05) is 36.4 Å². The number of hydrogen-bond acceptors (Lipinski definition) is 6. The van der Waals surface area contributed by atoms with Gasteiger partial charge in [0.25, 0.3) is 5.89 Å². The third kappa shape index (κ3) is 3.04. The maximum Gasteiger partial charge on any atom is 0.268 e. The van der Waals surface area contributed by atoms with E-state index in [9.17, 15) is 0 Å². The highest BCUT2D eigenvalue weighted by molar-refractivity contribution is 5.76. The van der Waals surface area contributed by atoms with Gasteiger partial charge in [0.05, 0.1) is 18.1 Å². The summed E-state index contributed by atoms with van der Waals surface area (Å²) in [6.07, 6.45) is 3.37. The highest BCUT2D eigenvalue weighted by atomic mass is 16.4. The monoisotopic (exact) mass is 343 g/mol. The van der Waals surface area contributed by atoms with Crippen LogP contribution in [0.15, 0.2) is 71.4 Å². The number of benzene rings is 2. The van der Waals surface area contributed by atoms with Gasteiger partial charge >= 0.3 is 0 Å². The molecular weight excluding hydrogens is 326 g/mol. The molecular formula is C20H17N5O. The summed E-state index contributed by atoms with van der Waals surface area (Å²) in [5.74, 6) is 0.807. The van der Waals surface area contributed by atoms with Gasteiger partial charge < -0.3 is 9.32 Å². The van der Waals surface area contributed by atoms with Crippen molar-refractivity contribution in [3.8, 4) is 34.3 Å². The lowest BCUT2D eigenvalue weighted by atomic mass is 10.1. The summed E-state index contributed by atoms with van der Waals surface area (Å²) in [5.41, 5.74) is 4.23. The molecule has 0 radical (unpaired) electrons. The second-order valence-electron chi connectivity index (χ2n) is 5.98. The zero-order valence-corrected chi connectivity index (χ0v) is 14.5. The summed E-state index contributed by atoms with van der Waals surface area (Å²) in [6, 6.07) is 17.7. The van der Waals surface area contributed by atoms with Gasteiger partial charge in [0.15, 0.2) is 0 Å². The van der Waals surface area contributed by atoms with Gasteiger partial charge in [0.1, 0.15) is 5.69 Å². The largest absolute Gasteiger partial charge is 0.415 e. The van der Waals surface area contributed by atoms with Crippen molar-refractivity contribution in [1.82, 2.24) is 20.2 Å². The minimum atomic E-state index is 0.348. The molecule has 2 aromatic carbocycles. The molecule has 6 nitrogen and oxygen atoms in total. The molecule has 0 fully saturated rings. The van der Waals surface area contributed by atoms with E-state index < -0.39 is 0 Å². The molecule has 26 heavy (non-hydrogen) atoms. The van der Waals surface area contributed by atoms with Crippen LogP contribution in [0.5, 0.6) is 0 Å². The first-order valence-corrected chi connectivity index (χ1v) is 8.20.